The molecule has 0 saturated heterocycles. The predicted octanol–water partition coefficient (Wildman–Crippen LogP) is 4.36. The van der Waals surface area contributed by atoms with Gasteiger partial charge in [-0.1, -0.05) is 17.7 Å². The van der Waals surface area contributed by atoms with E-state index in [2.05, 4.69) is 0 Å². The van der Waals surface area contributed by atoms with Gasteiger partial charge in [0.05, 0.1) is 17.7 Å². The lowest BCUT2D eigenvalue weighted by molar-refractivity contribution is 0.100. The fourth-order valence-electron chi connectivity index (χ4n) is 3.25. The molecule has 0 aliphatic heterocycles. The topological polar surface area (TPSA) is 83.9 Å². The molecule has 0 spiro atoms. The molecule has 6 nitrogen and oxygen atoms in total. The van der Waals surface area contributed by atoms with Crippen molar-refractivity contribution < 1.29 is 23.1 Å². The molecule has 0 saturated carbocycles. The maximum absolute atomic E-state index is 13.6. The molecule has 0 aliphatic carbocycles. The Morgan fingerprint density at radius 3 is 1.93 bits per heavy atom. The Kier molecular flexibility index (Phi) is 5.85. The maximum atomic E-state index is 13.6. The van der Waals surface area contributed by atoms with Crippen LogP contribution in [0.4, 0.5) is 5.69 Å². The van der Waals surface area contributed by atoms with Gasteiger partial charge in [0.15, 0.2) is 0 Å². The number of aromatic hydroxyl groups is 1. The molecule has 1 N–H and O–H groups in total. The number of aryl methyl sites for hydroxylation is 3. The van der Waals surface area contributed by atoms with E-state index in [0.29, 0.717) is 16.9 Å². The van der Waals surface area contributed by atoms with Crippen molar-refractivity contribution in [3.63, 3.8) is 0 Å². The maximum Gasteiger partial charge on any atom is 0.272 e. The second-order valence-electron chi connectivity index (χ2n) is 7.04. The largest absolute Gasteiger partial charge is 0.508 e. The van der Waals surface area contributed by atoms with Gasteiger partial charge >= 0.3 is 0 Å². The molecule has 0 heterocycles. The van der Waals surface area contributed by atoms with Crippen LogP contribution in [0.15, 0.2) is 65.6 Å². The number of hydrogen-bond acceptors (Lipinski definition) is 5. The van der Waals surface area contributed by atoms with Crippen molar-refractivity contribution in [1.82, 2.24) is 0 Å². The molecule has 0 aliphatic rings. The second-order valence-corrected chi connectivity index (χ2v) is 8.83. The molecular formula is C23H23NO5S. The second kappa shape index (κ2) is 8.20. The molecule has 3 aromatic carbocycles. The zero-order valence-corrected chi connectivity index (χ0v) is 18.0. The van der Waals surface area contributed by atoms with Gasteiger partial charge < -0.3 is 9.84 Å². The van der Waals surface area contributed by atoms with Gasteiger partial charge in [0.1, 0.15) is 11.5 Å². The molecule has 1 amide bonds. The number of amides is 1. The number of carbonyl (C=O) groups excluding carboxylic acids is 1. The third-order valence-electron chi connectivity index (χ3n) is 4.76. The molecule has 0 fully saturated rings. The SMILES string of the molecule is COc1ccc(C(=O)N(c2c(C)cc(O)cc2C)S(=O)(=O)c2ccc(C)cc2)cc1. The minimum Gasteiger partial charge on any atom is -0.508 e. The molecule has 0 bridgehead atoms. The number of phenolic OH excluding ortho intramolecular Hbond substituents is 1. The van der Waals surface area contributed by atoms with Crippen LogP contribution in [0.3, 0.4) is 0 Å². The molecule has 0 unspecified atom stereocenters. The van der Waals surface area contributed by atoms with Crippen LogP contribution in [-0.2, 0) is 10.0 Å². The number of hydrogen-bond donors (Lipinski definition) is 1. The summed E-state index contributed by atoms with van der Waals surface area (Å²) < 4.78 is 33.1. The predicted molar refractivity (Wildman–Crippen MR) is 116 cm³/mol. The fourth-order valence-corrected chi connectivity index (χ4v) is 4.79. The standard InChI is InChI=1S/C23H23NO5S/c1-15-5-11-21(12-6-15)30(27,28)24(22-16(2)13-19(25)14-17(22)3)23(26)18-7-9-20(29-4)10-8-18/h5-14,25H,1-4H3. The summed E-state index contributed by atoms with van der Waals surface area (Å²) in [6.45, 7) is 5.16. The highest BCUT2D eigenvalue weighted by molar-refractivity contribution is 7.93. The highest BCUT2D eigenvalue weighted by atomic mass is 32.2. The monoisotopic (exact) mass is 425 g/mol. The van der Waals surface area contributed by atoms with Crippen LogP contribution in [0, 0.1) is 20.8 Å². The Morgan fingerprint density at radius 1 is 0.900 bits per heavy atom. The third kappa shape index (κ3) is 4.02. The molecule has 7 heteroatoms. The van der Waals surface area contributed by atoms with Gasteiger partial charge in [-0.3, -0.25) is 4.79 Å². The van der Waals surface area contributed by atoms with Gasteiger partial charge in [0, 0.05) is 5.56 Å². The van der Waals surface area contributed by atoms with Crippen molar-refractivity contribution in [2.45, 2.75) is 25.7 Å². The van der Waals surface area contributed by atoms with E-state index in [4.69, 9.17) is 4.74 Å². The number of ether oxygens (including phenoxy) is 1. The first kappa shape index (κ1) is 21.4. The quantitative estimate of drug-likeness (QED) is 0.657. The number of carbonyl (C=O) groups is 1. The van der Waals surface area contributed by atoms with Crippen LogP contribution in [0.25, 0.3) is 0 Å². The average Bonchev–Trinajstić information content (AvgIpc) is 2.70. The van der Waals surface area contributed by atoms with Crippen molar-refractivity contribution in [2.75, 3.05) is 11.4 Å². The van der Waals surface area contributed by atoms with Crippen LogP contribution in [-0.4, -0.2) is 26.5 Å². The lowest BCUT2D eigenvalue weighted by Gasteiger charge is -2.26. The minimum absolute atomic E-state index is 0.00155. The number of nitrogens with zero attached hydrogens (tertiary/aromatic N) is 1. The molecular weight excluding hydrogens is 402 g/mol. The summed E-state index contributed by atoms with van der Waals surface area (Å²) in [4.78, 5) is 13.5. The Bertz CT molecular complexity index is 1160. The van der Waals surface area contributed by atoms with Gasteiger partial charge in [0.2, 0.25) is 0 Å². The van der Waals surface area contributed by atoms with Crippen LogP contribution < -0.4 is 9.04 Å². The van der Waals surface area contributed by atoms with Gasteiger partial charge in [-0.25, -0.2) is 8.42 Å². The zero-order chi connectivity index (χ0) is 22.1. The summed E-state index contributed by atoms with van der Waals surface area (Å²) >= 11 is 0. The van der Waals surface area contributed by atoms with Crippen LogP contribution in [0.2, 0.25) is 0 Å². The van der Waals surface area contributed by atoms with E-state index in [0.717, 1.165) is 9.87 Å². The Morgan fingerprint density at radius 2 is 1.43 bits per heavy atom. The Hall–Kier alpha value is -3.32. The number of benzene rings is 3. The van der Waals surface area contributed by atoms with E-state index in [-0.39, 0.29) is 21.9 Å². The van der Waals surface area contributed by atoms with Crippen LogP contribution >= 0.6 is 0 Å². The number of rotatable bonds is 5. The molecule has 0 radical (unpaired) electrons. The third-order valence-corrected chi connectivity index (χ3v) is 6.46. The van der Waals surface area contributed by atoms with Gasteiger partial charge in [-0.2, -0.15) is 4.31 Å². The smallest absolute Gasteiger partial charge is 0.272 e. The first-order valence-electron chi connectivity index (χ1n) is 9.25. The fraction of sp³-hybridized carbons (Fsp3) is 0.174. The molecule has 3 rings (SSSR count). The average molecular weight is 426 g/mol. The molecule has 3 aromatic rings. The van der Waals surface area contributed by atoms with Gasteiger partial charge in [0.25, 0.3) is 15.9 Å². The van der Waals surface area contributed by atoms with Crippen LogP contribution in [0.5, 0.6) is 11.5 Å². The van der Waals surface area contributed by atoms with E-state index in [9.17, 15) is 18.3 Å². The van der Waals surface area contributed by atoms with Crippen molar-refractivity contribution in [2.24, 2.45) is 0 Å². The van der Waals surface area contributed by atoms with E-state index >= 15 is 0 Å². The highest BCUT2D eigenvalue weighted by Crippen LogP contribution is 2.34. The number of phenols is 1. The van der Waals surface area contributed by atoms with E-state index < -0.39 is 15.9 Å². The number of sulfonamides is 1. The minimum atomic E-state index is -4.22. The number of methoxy groups -OCH3 is 1. The summed E-state index contributed by atoms with van der Waals surface area (Å²) in [5.74, 6) is -0.148. The zero-order valence-electron chi connectivity index (χ0n) is 17.2. The highest BCUT2D eigenvalue weighted by Gasteiger charge is 2.34. The normalized spacial score (nSPS) is 11.2. The molecule has 0 aromatic heterocycles. The summed E-state index contributed by atoms with van der Waals surface area (Å²) in [5.41, 5.74) is 2.24. The molecule has 156 valence electrons. The summed E-state index contributed by atoms with van der Waals surface area (Å²) in [6, 6.07) is 15.4. The Balaban J connectivity index is 2.23. The molecule has 30 heavy (non-hydrogen) atoms. The summed E-state index contributed by atoms with van der Waals surface area (Å²) in [5, 5.41) is 9.90. The summed E-state index contributed by atoms with van der Waals surface area (Å²) in [6.07, 6.45) is 0. The number of anilines is 1. The first-order chi connectivity index (χ1) is 14.1. The van der Waals surface area contributed by atoms with Gasteiger partial charge in [-0.15, -0.1) is 0 Å². The van der Waals surface area contributed by atoms with E-state index in [1.54, 1.807) is 38.1 Å². The van der Waals surface area contributed by atoms with Crippen molar-refractivity contribution in [3.8, 4) is 11.5 Å². The van der Waals surface area contributed by atoms with Crippen molar-refractivity contribution in [3.05, 3.63) is 82.9 Å². The Labute approximate surface area is 176 Å². The molecule has 0 atom stereocenters. The van der Waals surface area contributed by atoms with Gasteiger partial charge in [-0.05, 0) is 80.4 Å². The van der Waals surface area contributed by atoms with Crippen LogP contribution in [0.1, 0.15) is 27.0 Å². The summed E-state index contributed by atoms with van der Waals surface area (Å²) in [7, 11) is -2.71. The van der Waals surface area contributed by atoms with Crippen molar-refractivity contribution >= 4 is 21.6 Å². The van der Waals surface area contributed by atoms with E-state index in [1.165, 1.54) is 43.5 Å². The first-order valence-corrected chi connectivity index (χ1v) is 10.7. The van der Waals surface area contributed by atoms with Crippen molar-refractivity contribution in [1.29, 1.82) is 0 Å². The lowest BCUT2D eigenvalue weighted by Crippen LogP contribution is -2.38. The lowest BCUT2D eigenvalue weighted by atomic mass is 10.1. The van der Waals surface area contributed by atoms with E-state index in [1.807, 2.05) is 6.92 Å².